The van der Waals surface area contributed by atoms with E-state index in [1.54, 1.807) is 23.0 Å². The third-order valence-corrected chi connectivity index (χ3v) is 4.75. The Bertz CT molecular complexity index is 789. The van der Waals surface area contributed by atoms with Crippen molar-refractivity contribution in [3.05, 3.63) is 69.6 Å². The fourth-order valence-electron chi connectivity index (χ4n) is 3.08. The molecule has 29 heavy (non-hydrogen) atoms. The molecule has 1 fully saturated rings. The molecule has 3 unspecified atom stereocenters. The molecule has 1 saturated heterocycles. The van der Waals surface area contributed by atoms with Gasteiger partial charge in [0.1, 0.15) is 11.8 Å². The molecule has 5 nitrogen and oxygen atoms in total. The molecule has 2 heterocycles. The van der Waals surface area contributed by atoms with Gasteiger partial charge in [0.15, 0.2) is 0 Å². The van der Waals surface area contributed by atoms with Gasteiger partial charge in [-0.15, -0.1) is 0 Å². The van der Waals surface area contributed by atoms with Crippen LogP contribution >= 0.6 is 0 Å². The summed E-state index contributed by atoms with van der Waals surface area (Å²) >= 11 is 0. The first-order valence-corrected chi connectivity index (χ1v) is 9.49. The highest BCUT2D eigenvalue weighted by Gasteiger charge is 2.31. The van der Waals surface area contributed by atoms with E-state index in [0.29, 0.717) is 13.0 Å². The SMILES string of the molecule is CC1OCCC(O)C1O.O=c1cccc(C(F)(F)F)[nH]1.c1ccc2c(c1)CCC2. The summed E-state index contributed by atoms with van der Waals surface area (Å²) in [6.07, 6.45) is -1.46. The van der Waals surface area contributed by atoms with Gasteiger partial charge in [0.05, 0.1) is 12.2 Å². The molecule has 0 radical (unpaired) electrons. The summed E-state index contributed by atoms with van der Waals surface area (Å²) < 4.78 is 40.4. The van der Waals surface area contributed by atoms with E-state index in [1.807, 2.05) is 0 Å². The number of aryl methyl sites for hydroxylation is 2. The molecule has 160 valence electrons. The third kappa shape index (κ3) is 7.30. The van der Waals surface area contributed by atoms with Crippen molar-refractivity contribution in [2.45, 2.75) is 57.1 Å². The quantitative estimate of drug-likeness (QED) is 0.620. The van der Waals surface area contributed by atoms with Gasteiger partial charge in [-0.1, -0.05) is 30.3 Å². The number of pyridine rings is 1. The average Bonchev–Trinajstić information content (AvgIpc) is 3.15. The predicted molar refractivity (Wildman–Crippen MR) is 103 cm³/mol. The van der Waals surface area contributed by atoms with E-state index >= 15 is 0 Å². The Hall–Kier alpha value is -2.16. The van der Waals surface area contributed by atoms with E-state index in [0.717, 1.165) is 18.2 Å². The zero-order valence-electron chi connectivity index (χ0n) is 16.2. The Morgan fingerprint density at radius 3 is 2.10 bits per heavy atom. The van der Waals surface area contributed by atoms with E-state index in [1.165, 1.54) is 19.3 Å². The second kappa shape index (κ2) is 10.6. The van der Waals surface area contributed by atoms with Crippen LogP contribution in [0.15, 0.2) is 47.3 Å². The van der Waals surface area contributed by atoms with Crippen molar-refractivity contribution in [1.29, 1.82) is 0 Å². The zero-order valence-corrected chi connectivity index (χ0v) is 16.2. The van der Waals surface area contributed by atoms with Gasteiger partial charge >= 0.3 is 6.18 Å². The van der Waals surface area contributed by atoms with Crippen LogP contribution in [0.25, 0.3) is 0 Å². The summed E-state index contributed by atoms with van der Waals surface area (Å²) in [7, 11) is 0. The van der Waals surface area contributed by atoms with Gasteiger partial charge in [-0.3, -0.25) is 4.79 Å². The van der Waals surface area contributed by atoms with Crippen LogP contribution in [0.1, 0.15) is 36.6 Å². The topological polar surface area (TPSA) is 82.5 Å². The van der Waals surface area contributed by atoms with Crippen LogP contribution in [0.2, 0.25) is 0 Å². The van der Waals surface area contributed by atoms with E-state index < -0.39 is 29.6 Å². The minimum Gasteiger partial charge on any atom is -0.390 e. The number of benzene rings is 1. The molecule has 2 aliphatic rings. The molecule has 1 aromatic carbocycles. The fraction of sp³-hybridized carbons (Fsp3) is 0.476. The van der Waals surface area contributed by atoms with E-state index in [-0.39, 0.29) is 6.10 Å². The number of rotatable bonds is 0. The number of ether oxygens (including phenoxy) is 1. The molecule has 4 rings (SSSR count). The summed E-state index contributed by atoms with van der Waals surface area (Å²) in [5.74, 6) is 0. The molecule has 3 atom stereocenters. The molecule has 8 heteroatoms. The van der Waals surface area contributed by atoms with Crippen LogP contribution in [-0.4, -0.2) is 40.1 Å². The lowest BCUT2D eigenvalue weighted by molar-refractivity contribution is -0.141. The minimum absolute atomic E-state index is 0.214. The Morgan fingerprint density at radius 2 is 1.66 bits per heavy atom. The highest BCUT2D eigenvalue weighted by Crippen LogP contribution is 2.26. The number of aliphatic hydroxyl groups excluding tert-OH is 2. The molecular weight excluding hydrogens is 387 g/mol. The van der Waals surface area contributed by atoms with Gasteiger partial charge < -0.3 is 19.9 Å². The van der Waals surface area contributed by atoms with Gasteiger partial charge in [-0.05, 0) is 49.8 Å². The minimum atomic E-state index is -4.47. The number of fused-ring (bicyclic) bond motifs is 1. The molecular formula is C21H26F3NO4. The Morgan fingerprint density at radius 1 is 1.03 bits per heavy atom. The largest absolute Gasteiger partial charge is 0.431 e. The zero-order chi connectivity index (χ0) is 21.4. The standard InChI is InChI=1S/C9H10.C6H4F3NO.C6H12O3/c1-2-5-9-7-3-6-8(9)4-1;7-6(8,9)4-2-1-3-5(11)10-4;1-4-6(8)5(7)2-3-9-4/h1-2,4-5H,3,6-7H2;1-3H,(H,10,11);4-8H,2-3H2,1H3. The van der Waals surface area contributed by atoms with Crippen molar-refractivity contribution in [2.75, 3.05) is 6.61 Å². The number of nitrogens with one attached hydrogen (secondary N) is 1. The van der Waals surface area contributed by atoms with Crippen molar-refractivity contribution in [3.8, 4) is 0 Å². The van der Waals surface area contributed by atoms with Crippen LogP contribution in [-0.2, 0) is 23.8 Å². The second-order valence-electron chi connectivity index (χ2n) is 6.97. The van der Waals surface area contributed by atoms with Crippen molar-refractivity contribution in [2.24, 2.45) is 0 Å². The molecule has 2 aromatic rings. The lowest BCUT2D eigenvalue weighted by Gasteiger charge is -2.29. The fourth-order valence-corrected chi connectivity index (χ4v) is 3.08. The number of aromatic amines is 1. The number of halogens is 3. The number of hydrogen-bond acceptors (Lipinski definition) is 4. The van der Waals surface area contributed by atoms with Gasteiger partial charge in [0.25, 0.3) is 0 Å². The van der Waals surface area contributed by atoms with E-state index in [4.69, 9.17) is 14.9 Å². The number of alkyl halides is 3. The Labute approximate surface area is 167 Å². The normalized spacial score (nSPS) is 23.2. The highest BCUT2D eigenvalue weighted by atomic mass is 19.4. The number of aromatic nitrogens is 1. The molecule has 0 bridgehead atoms. The first-order valence-electron chi connectivity index (χ1n) is 9.49. The highest BCUT2D eigenvalue weighted by molar-refractivity contribution is 5.30. The van der Waals surface area contributed by atoms with Crippen LogP contribution in [0.4, 0.5) is 13.2 Å². The molecule has 0 saturated carbocycles. The summed E-state index contributed by atoms with van der Waals surface area (Å²) in [5, 5.41) is 18.1. The number of aliphatic hydroxyl groups is 2. The van der Waals surface area contributed by atoms with Gasteiger partial charge in [-0.25, -0.2) is 0 Å². The predicted octanol–water partition coefficient (Wildman–Crippen LogP) is 3.09. The lowest BCUT2D eigenvalue weighted by atomic mass is 10.0. The Balaban J connectivity index is 0.000000156. The maximum atomic E-state index is 11.8. The third-order valence-electron chi connectivity index (χ3n) is 4.75. The summed E-state index contributed by atoms with van der Waals surface area (Å²) in [5.41, 5.74) is 1.36. The van der Waals surface area contributed by atoms with Crippen molar-refractivity contribution < 1.29 is 28.1 Å². The Kier molecular flexibility index (Phi) is 8.43. The molecule has 0 spiro atoms. The smallest absolute Gasteiger partial charge is 0.390 e. The maximum absolute atomic E-state index is 11.8. The van der Waals surface area contributed by atoms with E-state index in [2.05, 4.69) is 24.3 Å². The molecule has 1 aliphatic heterocycles. The van der Waals surface area contributed by atoms with Gasteiger partial charge in [0.2, 0.25) is 5.56 Å². The summed E-state index contributed by atoms with van der Waals surface area (Å²) in [4.78, 5) is 12.0. The van der Waals surface area contributed by atoms with Crippen molar-refractivity contribution in [3.63, 3.8) is 0 Å². The molecule has 1 aromatic heterocycles. The first-order chi connectivity index (χ1) is 13.7. The average molecular weight is 413 g/mol. The summed E-state index contributed by atoms with van der Waals surface area (Å²) in [6.45, 7) is 2.31. The number of hydrogen-bond donors (Lipinski definition) is 3. The molecule has 1 aliphatic carbocycles. The van der Waals surface area contributed by atoms with Gasteiger partial charge in [-0.2, -0.15) is 13.2 Å². The molecule has 3 N–H and O–H groups in total. The number of H-pyrrole nitrogens is 1. The van der Waals surface area contributed by atoms with Crippen LogP contribution in [0.5, 0.6) is 0 Å². The van der Waals surface area contributed by atoms with E-state index in [9.17, 15) is 18.0 Å². The molecule has 0 amide bonds. The first kappa shape index (κ1) is 23.1. The van der Waals surface area contributed by atoms with Crippen LogP contribution in [0.3, 0.4) is 0 Å². The van der Waals surface area contributed by atoms with Crippen molar-refractivity contribution in [1.82, 2.24) is 4.98 Å². The second-order valence-corrected chi connectivity index (χ2v) is 6.97. The summed E-state index contributed by atoms with van der Waals surface area (Å²) in [6, 6.07) is 11.6. The lowest BCUT2D eigenvalue weighted by Crippen LogP contribution is -2.42. The van der Waals surface area contributed by atoms with Crippen LogP contribution < -0.4 is 5.56 Å². The van der Waals surface area contributed by atoms with Crippen molar-refractivity contribution >= 4 is 0 Å². The maximum Gasteiger partial charge on any atom is 0.431 e. The van der Waals surface area contributed by atoms with Crippen LogP contribution in [0, 0.1) is 0 Å². The monoisotopic (exact) mass is 413 g/mol. The van der Waals surface area contributed by atoms with Gasteiger partial charge in [0, 0.05) is 12.7 Å².